The maximum absolute atomic E-state index is 13.3. The summed E-state index contributed by atoms with van der Waals surface area (Å²) in [5.41, 5.74) is 4.55. The minimum Gasteiger partial charge on any atom is -0.423 e. The van der Waals surface area contributed by atoms with Crippen LogP contribution in [0, 0.1) is 0 Å². The van der Waals surface area contributed by atoms with Crippen molar-refractivity contribution < 1.29 is 102 Å². The molecule has 31 nitrogen and oxygen atoms in total. The van der Waals surface area contributed by atoms with Gasteiger partial charge in [-0.25, -0.2) is 4.79 Å². The lowest BCUT2D eigenvalue weighted by Gasteiger charge is -2.26. The Morgan fingerprint density at radius 1 is 0.315 bits per heavy atom. The molecule has 0 unspecified atom stereocenters. The first kappa shape index (κ1) is 73.8. The summed E-state index contributed by atoms with van der Waals surface area (Å²) >= 11 is 0. The molecule has 0 aromatic heterocycles. The van der Waals surface area contributed by atoms with Crippen LogP contribution in [-0.2, 0) is 43.0 Å². The largest absolute Gasteiger partial charge is 0.488 e. The highest BCUT2D eigenvalue weighted by Crippen LogP contribution is 2.02. The van der Waals surface area contributed by atoms with Crippen LogP contribution in [0.4, 0.5) is 0 Å². The molecule has 0 heterocycles. The first-order valence-corrected chi connectivity index (χ1v) is 28.2. The van der Waals surface area contributed by atoms with Crippen molar-refractivity contribution in [3.8, 4) is 0 Å². The van der Waals surface area contributed by atoms with E-state index in [9.17, 15) is 78.5 Å². The quantitative estimate of drug-likeness (QED) is 0.0111. The summed E-state index contributed by atoms with van der Waals surface area (Å²) in [5.74, 6) is -4.03. The Hall–Kier alpha value is -7.70. The van der Waals surface area contributed by atoms with Crippen molar-refractivity contribution in [3.63, 3.8) is 0 Å². The van der Waals surface area contributed by atoms with Crippen molar-refractivity contribution in [2.45, 2.75) is 0 Å². The molecule has 0 radical (unpaired) electrons. The van der Waals surface area contributed by atoms with E-state index in [4.69, 9.17) is 23.8 Å². The van der Waals surface area contributed by atoms with Crippen LogP contribution in [0.5, 0.6) is 0 Å². The number of nitrogens with zero attached hydrogens (tertiary/aromatic N) is 2. The number of carbonyl (C=O) groups excluding carboxylic acids is 8. The van der Waals surface area contributed by atoms with Gasteiger partial charge in [-0.3, -0.25) is 43.4 Å². The molecule has 4 rings (SSSR count). The van der Waals surface area contributed by atoms with Gasteiger partial charge in [-0.2, -0.15) is 5.48 Å². The van der Waals surface area contributed by atoms with Crippen molar-refractivity contribution in [2.75, 3.05) is 144 Å². The SMILES string of the molecule is O=C(CN(CCN(CC(=O)NCCOCCNC(=O)c1ccc(B(O)O)cc1)CC(=O)ONCCOCCNC(=O)c1ccc(B(O)O)cc1)CC(=O)NCCOCCNC(=O)c1ccc(B(O)O)cc1)NCCOCCNC(=O)c1ccc(B(O)O)cc1. The number of carbonyl (C=O) groups is 8. The van der Waals surface area contributed by atoms with Gasteiger partial charge in [-0.1, -0.05) is 48.5 Å². The zero-order chi connectivity index (χ0) is 64.8. The lowest BCUT2D eigenvalue weighted by atomic mass is 9.80. The summed E-state index contributed by atoms with van der Waals surface area (Å²) in [7, 11) is -6.70. The number of amides is 7. The van der Waals surface area contributed by atoms with E-state index in [0.29, 0.717) is 16.7 Å². The molecule has 0 saturated carbocycles. The highest BCUT2D eigenvalue weighted by molar-refractivity contribution is 6.59. The number of hydrogen-bond acceptors (Lipinski definition) is 24. The highest BCUT2D eigenvalue weighted by atomic mass is 16.7. The molecule has 0 aliphatic heterocycles. The molecule has 0 aliphatic carbocycles. The highest BCUT2D eigenvalue weighted by Gasteiger charge is 2.22. The second-order valence-corrected chi connectivity index (χ2v) is 19.3. The molecule has 0 atom stereocenters. The normalized spacial score (nSPS) is 10.9. The molecule has 89 heavy (non-hydrogen) atoms. The van der Waals surface area contributed by atoms with E-state index in [-0.39, 0.29) is 165 Å². The summed E-state index contributed by atoms with van der Waals surface area (Å²) in [5, 5.41) is 93.1. The third-order valence-electron chi connectivity index (χ3n) is 12.4. The molecular formula is C54H76B4N10O21. The predicted molar refractivity (Wildman–Crippen MR) is 324 cm³/mol. The van der Waals surface area contributed by atoms with E-state index in [2.05, 4.69) is 42.7 Å². The Bertz CT molecular complexity index is 2710. The minimum atomic E-state index is -1.68. The van der Waals surface area contributed by atoms with Gasteiger partial charge in [0.1, 0.15) is 0 Å². The van der Waals surface area contributed by atoms with Crippen LogP contribution >= 0.6 is 0 Å². The van der Waals surface area contributed by atoms with E-state index >= 15 is 0 Å². The summed E-state index contributed by atoms with van der Waals surface area (Å²) in [4.78, 5) is 111. The summed E-state index contributed by atoms with van der Waals surface area (Å²) in [6.07, 6.45) is 0. The third kappa shape index (κ3) is 30.9. The van der Waals surface area contributed by atoms with E-state index in [1.807, 2.05) is 0 Å². The molecule has 7 amide bonds. The number of nitrogens with one attached hydrogen (secondary N) is 8. The number of ether oxygens (including phenoxy) is 4. The smallest absolute Gasteiger partial charge is 0.423 e. The van der Waals surface area contributed by atoms with Gasteiger partial charge in [0, 0.05) is 81.2 Å². The van der Waals surface area contributed by atoms with Crippen LogP contribution in [0.15, 0.2) is 97.1 Å². The fourth-order valence-electron chi connectivity index (χ4n) is 7.73. The third-order valence-corrected chi connectivity index (χ3v) is 12.4. The number of benzene rings is 4. The molecule has 0 fully saturated rings. The van der Waals surface area contributed by atoms with Gasteiger partial charge in [0.25, 0.3) is 23.6 Å². The Labute approximate surface area is 514 Å². The van der Waals surface area contributed by atoms with Crippen LogP contribution in [0.1, 0.15) is 41.4 Å². The Morgan fingerprint density at radius 2 is 0.539 bits per heavy atom. The number of rotatable bonds is 44. The van der Waals surface area contributed by atoms with Crippen molar-refractivity contribution in [1.29, 1.82) is 0 Å². The standard InChI is InChI=1S/C54H76B4N10O21/c69-47(59-17-27-85-30-20-62-51(73)39-1-9-43(10-2-39)55(77)78)35-67(36-48(70)60-18-28-86-31-21-63-52(74)40-3-11-44(12-4-40)56(79)80)25-26-68(37-49(71)61-19-29-87-32-22-64-53(75)41-5-13-45(14-6-41)57(81)82)38-50(72)89-66-24-34-88-33-23-65-54(76)42-7-15-46(16-8-42)58(83)84/h1-16,66,77-84H,17-38H2,(H,59,69)(H,60,70)(H,61,71)(H,62,73)(H,63,74)(H,64,75)(H,65,76). The van der Waals surface area contributed by atoms with Crippen LogP contribution in [0.25, 0.3) is 0 Å². The molecule has 4 aromatic rings. The minimum absolute atomic E-state index is 0.0298. The summed E-state index contributed by atoms with van der Waals surface area (Å²) < 4.78 is 22.2. The summed E-state index contributed by atoms with van der Waals surface area (Å²) in [6, 6.07) is 22.7. The second kappa shape index (κ2) is 42.3. The van der Waals surface area contributed by atoms with E-state index in [1.165, 1.54) is 107 Å². The molecule has 0 spiro atoms. The van der Waals surface area contributed by atoms with E-state index < -0.39 is 82.3 Å². The van der Waals surface area contributed by atoms with Gasteiger partial charge in [0.05, 0.1) is 85.6 Å². The average molecular weight is 1240 g/mol. The maximum Gasteiger partial charge on any atom is 0.488 e. The van der Waals surface area contributed by atoms with Gasteiger partial charge >= 0.3 is 34.4 Å². The van der Waals surface area contributed by atoms with Gasteiger partial charge in [0.15, 0.2) is 0 Å². The van der Waals surface area contributed by atoms with Crippen LogP contribution in [0.2, 0.25) is 0 Å². The molecule has 0 bridgehead atoms. The van der Waals surface area contributed by atoms with Crippen molar-refractivity contribution in [3.05, 3.63) is 119 Å². The Morgan fingerprint density at radius 3 is 0.787 bits per heavy atom. The van der Waals surface area contributed by atoms with Crippen LogP contribution in [-0.4, -0.2) is 270 Å². The van der Waals surface area contributed by atoms with Crippen molar-refractivity contribution >= 4 is 97.6 Å². The fourth-order valence-corrected chi connectivity index (χ4v) is 7.73. The maximum atomic E-state index is 13.3. The fraction of sp³-hybridized carbons (Fsp3) is 0.407. The Kier molecular flexibility index (Phi) is 35.0. The predicted octanol–water partition coefficient (Wildman–Crippen LogP) is -9.51. The second-order valence-electron chi connectivity index (χ2n) is 19.3. The molecule has 0 aliphatic rings. The van der Waals surface area contributed by atoms with Crippen molar-refractivity contribution in [1.82, 2.24) is 52.5 Å². The lowest BCUT2D eigenvalue weighted by Crippen LogP contribution is -2.48. The topological polar surface area (TPSA) is 447 Å². The summed E-state index contributed by atoms with van der Waals surface area (Å²) in [6.45, 7) is -0.364. The first-order valence-electron chi connectivity index (χ1n) is 28.2. The number of hydroxylamine groups is 1. The van der Waals surface area contributed by atoms with Gasteiger partial charge in [-0.15, -0.1) is 0 Å². The molecule has 480 valence electrons. The Balaban J connectivity index is 1.29. The van der Waals surface area contributed by atoms with Gasteiger partial charge in [0.2, 0.25) is 17.7 Å². The van der Waals surface area contributed by atoms with E-state index in [1.54, 1.807) is 0 Å². The molecule has 35 heteroatoms. The molecule has 4 aromatic carbocycles. The van der Waals surface area contributed by atoms with Gasteiger partial charge < -0.3 is 101 Å². The van der Waals surface area contributed by atoms with Crippen molar-refractivity contribution in [2.24, 2.45) is 0 Å². The monoisotopic (exact) mass is 1240 g/mol. The molecule has 0 saturated heterocycles. The average Bonchev–Trinajstić information content (AvgIpc) is 3.62. The van der Waals surface area contributed by atoms with E-state index in [0.717, 1.165) is 0 Å². The first-order chi connectivity index (χ1) is 42.8. The molecule has 16 N–H and O–H groups in total. The van der Waals surface area contributed by atoms with Crippen LogP contribution in [0.3, 0.4) is 0 Å². The van der Waals surface area contributed by atoms with Gasteiger partial charge in [-0.05, 0) is 70.4 Å². The molecular weight excluding hydrogens is 1170 g/mol. The zero-order valence-corrected chi connectivity index (χ0v) is 48.9. The number of hydrogen-bond donors (Lipinski definition) is 16. The zero-order valence-electron chi connectivity index (χ0n) is 48.9. The van der Waals surface area contributed by atoms with Crippen LogP contribution < -0.4 is 64.5 Å². The lowest BCUT2D eigenvalue weighted by molar-refractivity contribution is -0.153.